The highest BCUT2D eigenvalue weighted by Crippen LogP contribution is 2.32. The second kappa shape index (κ2) is 5.89. The first-order valence-corrected chi connectivity index (χ1v) is 5.55. The Labute approximate surface area is 111 Å². The lowest BCUT2D eigenvalue weighted by Crippen LogP contribution is -2.36. The number of alkyl halides is 3. The number of benzene rings is 1. The van der Waals surface area contributed by atoms with Crippen molar-refractivity contribution in [2.45, 2.75) is 13.1 Å². The Morgan fingerprint density at radius 3 is 2.35 bits per heavy atom. The van der Waals surface area contributed by atoms with Crippen LogP contribution in [0.15, 0.2) is 18.2 Å². The lowest BCUT2D eigenvalue weighted by atomic mass is 10.1. The van der Waals surface area contributed by atoms with E-state index in [9.17, 15) is 27.2 Å². The van der Waals surface area contributed by atoms with Gasteiger partial charge in [0, 0.05) is 6.54 Å². The molecule has 0 atom stereocenters. The Morgan fingerprint density at radius 2 is 1.90 bits per heavy atom. The summed E-state index contributed by atoms with van der Waals surface area (Å²) in [5, 5.41) is 8.60. The fourth-order valence-corrected chi connectivity index (χ4v) is 1.58. The van der Waals surface area contributed by atoms with E-state index in [0.29, 0.717) is 6.07 Å². The molecule has 0 aliphatic heterocycles. The lowest BCUT2D eigenvalue weighted by molar-refractivity contribution is -0.140. The summed E-state index contributed by atoms with van der Waals surface area (Å²) >= 11 is 0. The molecule has 1 amide bonds. The molecule has 0 fully saturated rings. The van der Waals surface area contributed by atoms with Crippen molar-refractivity contribution in [2.75, 3.05) is 13.1 Å². The zero-order valence-electron chi connectivity index (χ0n) is 10.4. The molecule has 0 spiro atoms. The summed E-state index contributed by atoms with van der Waals surface area (Å²) in [6.07, 6.45) is -4.93. The minimum atomic E-state index is -4.93. The number of aliphatic carboxylic acids is 1. The van der Waals surface area contributed by atoms with Crippen molar-refractivity contribution in [2.24, 2.45) is 0 Å². The average Bonchev–Trinajstić information content (AvgIpc) is 2.33. The summed E-state index contributed by atoms with van der Waals surface area (Å²) in [6, 6.07) is 2.30. The van der Waals surface area contributed by atoms with E-state index in [1.165, 1.54) is 6.92 Å². The van der Waals surface area contributed by atoms with Crippen molar-refractivity contribution in [3.63, 3.8) is 0 Å². The fraction of sp³-hybridized carbons (Fsp3) is 0.333. The van der Waals surface area contributed by atoms with Crippen LogP contribution in [0.2, 0.25) is 0 Å². The maximum Gasteiger partial charge on any atom is 0.419 e. The molecule has 0 aliphatic carbocycles. The molecule has 1 aromatic carbocycles. The van der Waals surface area contributed by atoms with Gasteiger partial charge in [-0.25, -0.2) is 4.39 Å². The molecule has 0 bridgehead atoms. The Hall–Kier alpha value is -2.12. The Morgan fingerprint density at radius 1 is 1.30 bits per heavy atom. The lowest BCUT2D eigenvalue weighted by Gasteiger charge is -2.19. The average molecular weight is 293 g/mol. The summed E-state index contributed by atoms with van der Waals surface area (Å²) in [4.78, 5) is 23.2. The number of likely N-dealkylation sites (N-methyl/N-ethyl adjacent to an activating group) is 1. The first-order chi connectivity index (χ1) is 9.18. The number of carboxylic acid groups (broad SMARTS) is 1. The monoisotopic (exact) mass is 293 g/mol. The molecule has 0 aliphatic rings. The van der Waals surface area contributed by atoms with E-state index in [0.717, 1.165) is 17.0 Å². The van der Waals surface area contributed by atoms with Crippen LogP contribution in [0.3, 0.4) is 0 Å². The molecule has 0 saturated carbocycles. The molecule has 4 nitrogen and oxygen atoms in total. The van der Waals surface area contributed by atoms with Crippen LogP contribution in [0.5, 0.6) is 0 Å². The summed E-state index contributed by atoms with van der Waals surface area (Å²) in [7, 11) is 0. The predicted molar refractivity (Wildman–Crippen MR) is 60.6 cm³/mol. The number of nitrogens with zero attached hydrogens (tertiary/aromatic N) is 1. The van der Waals surface area contributed by atoms with Crippen LogP contribution >= 0.6 is 0 Å². The zero-order chi connectivity index (χ0) is 15.5. The quantitative estimate of drug-likeness (QED) is 0.867. The van der Waals surface area contributed by atoms with Gasteiger partial charge in [-0.1, -0.05) is 6.07 Å². The predicted octanol–water partition coefficient (Wildman–Crippen LogP) is 2.39. The van der Waals surface area contributed by atoms with Crippen molar-refractivity contribution in [1.82, 2.24) is 4.90 Å². The number of amides is 1. The fourth-order valence-electron chi connectivity index (χ4n) is 1.58. The molecule has 0 unspecified atom stereocenters. The van der Waals surface area contributed by atoms with Crippen molar-refractivity contribution in [3.8, 4) is 0 Å². The van der Waals surface area contributed by atoms with Crippen LogP contribution in [0.1, 0.15) is 22.8 Å². The first-order valence-electron chi connectivity index (χ1n) is 5.55. The highest BCUT2D eigenvalue weighted by molar-refractivity contribution is 5.96. The maximum atomic E-state index is 13.7. The van der Waals surface area contributed by atoms with E-state index in [1.807, 2.05) is 0 Å². The van der Waals surface area contributed by atoms with Gasteiger partial charge in [-0.15, -0.1) is 0 Å². The molecule has 20 heavy (non-hydrogen) atoms. The van der Waals surface area contributed by atoms with Gasteiger partial charge in [0.15, 0.2) is 0 Å². The van der Waals surface area contributed by atoms with Gasteiger partial charge in [-0.2, -0.15) is 13.2 Å². The van der Waals surface area contributed by atoms with Crippen molar-refractivity contribution in [1.29, 1.82) is 0 Å². The smallest absolute Gasteiger partial charge is 0.419 e. The molecule has 0 heterocycles. The Bertz CT molecular complexity index is 528. The van der Waals surface area contributed by atoms with Gasteiger partial charge < -0.3 is 10.0 Å². The van der Waals surface area contributed by atoms with Crippen LogP contribution in [-0.2, 0) is 11.0 Å². The Balaban J connectivity index is 3.20. The highest BCUT2D eigenvalue weighted by Gasteiger charge is 2.36. The number of hydrogen-bond acceptors (Lipinski definition) is 2. The summed E-state index contributed by atoms with van der Waals surface area (Å²) < 4.78 is 51.3. The van der Waals surface area contributed by atoms with Crippen LogP contribution in [-0.4, -0.2) is 35.0 Å². The van der Waals surface area contributed by atoms with Crippen molar-refractivity contribution < 1.29 is 32.3 Å². The van der Waals surface area contributed by atoms with Gasteiger partial charge in [-0.3, -0.25) is 9.59 Å². The van der Waals surface area contributed by atoms with Crippen LogP contribution in [0.25, 0.3) is 0 Å². The highest BCUT2D eigenvalue weighted by atomic mass is 19.4. The van der Waals surface area contributed by atoms with Crippen molar-refractivity contribution in [3.05, 3.63) is 35.1 Å². The second-order valence-corrected chi connectivity index (χ2v) is 3.88. The van der Waals surface area contributed by atoms with Gasteiger partial charge in [0.05, 0.1) is 11.1 Å². The van der Waals surface area contributed by atoms with Gasteiger partial charge in [0.25, 0.3) is 5.91 Å². The molecular weight excluding hydrogens is 282 g/mol. The van der Waals surface area contributed by atoms with Crippen LogP contribution in [0.4, 0.5) is 17.6 Å². The minimum Gasteiger partial charge on any atom is -0.480 e. The van der Waals surface area contributed by atoms with E-state index < -0.39 is 41.5 Å². The molecule has 1 rings (SSSR count). The summed E-state index contributed by atoms with van der Waals surface area (Å²) in [5.74, 6) is -4.14. The van der Waals surface area contributed by atoms with Crippen LogP contribution < -0.4 is 0 Å². The number of halogens is 4. The third-order valence-corrected chi connectivity index (χ3v) is 2.53. The molecule has 110 valence electrons. The molecule has 0 radical (unpaired) electrons. The molecular formula is C12H11F4NO3. The normalized spacial score (nSPS) is 11.2. The van der Waals surface area contributed by atoms with E-state index in [1.54, 1.807) is 0 Å². The molecule has 8 heteroatoms. The third kappa shape index (κ3) is 3.46. The first kappa shape index (κ1) is 15.9. The second-order valence-electron chi connectivity index (χ2n) is 3.88. The number of rotatable bonds is 4. The minimum absolute atomic E-state index is 0.0686. The third-order valence-electron chi connectivity index (χ3n) is 2.53. The van der Waals surface area contributed by atoms with Gasteiger partial charge in [0.1, 0.15) is 12.4 Å². The largest absolute Gasteiger partial charge is 0.480 e. The summed E-state index contributed by atoms with van der Waals surface area (Å²) in [5.41, 5.74) is -2.36. The van der Waals surface area contributed by atoms with E-state index in [2.05, 4.69) is 0 Å². The van der Waals surface area contributed by atoms with E-state index in [4.69, 9.17) is 5.11 Å². The number of carbonyl (C=O) groups is 2. The van der Waals surface area contributed by atoms with E-state index >= 15 is 0 Å². The maximum absolute atomic E-state index is 13.7. The van der Waals surface area contributed by atoms with E-state index in [-0.39, 0.29) is 6.54 Å². The molecule has 0 saturated heterocycles. The standard InChI is InChI=1S/C12H11F4NO3/c1-2-17(6-9(18)19)11(20)7-4-3-5-8(10(7)13)12(14,15)16/h3-5H,2,6H2,1H3,(H,18,19). The van der Waals surface area contributed by atoms with Gasteiger partial charge in [-0.05, 0) is 19.1 Å². The van der Waals surface area contributed by atoms with Gasteiger partial charge >= 0.3 is 12.1 Å². The SMILES string of the molecule is CCN(CC(=O)O)C(=O)c1cccc(C(F)(F)F)c1F. The van der Waals surface area contributed by atoms with Crippen molar-refractivity contribution >= 4 is 11.9 Å². The summed E-state index contributed by atoms with van der Waals surface area (Å²) in [6.45, 7) is 0.651. The number of carbonyl (C=O) groups excluding carboxylic acids is 1. The molecule has 0 aromatic heterocycles. The Kier molecular flexibility index (Phi) is 4.69. The molecule has 1 N–H and O–H groups in total. The molecule has 1 aromatic rings. The number of hydrogen-bond donors (Lipinski definition) is 1. The van der Waals surface area contributed by atoms with Gasteiger partial charge in [0.2, 0.25) is 0 Å². The van der Waals surface area contributed by atoms with Crippen LogP contribution in [0, 0.1) is 5.82 Å². The number of carboxylic acids is 1. The zero-order valence-corrected chi connectivity index (χ0v) is 10.4. The topological polar surface area (TPSA) is 57.6 Å².